The molecule has 2 aromatic heterocycles. The highest BCUT2D eigenvalue weighted by Gasteiger charge is 2.41. The zero-order chi connectivity index (χ0) is 37.0. The highest BCUT2D eigenvalue weighted by atomic mass is 16.5. The van der Waals surface area contributed by atoms with Crippen LogP contribution in [0.5, 0.6) is 0 Å². The third kappa shape index (κ3) is 6.79. The van der Waals surface area contributed by atoms with Gasteiger partial charge in [0.1, 0.15) is 17.1 Å². The van der Waals surface area contributed by atoms with Crippen LogP contribution < -0.4 is 0 Å². The molecule has 1 N–H and O–H groups in total. The SMILES string of the molecule is CCCc1nc(C(C)(C)O)c(C(=O)OC)n1Cc1ccc(-c2cccc(-c3nnn(C(c4ccccc4)(c4ccccc4)c4ccccc4)n3)c2)cc1. The molecule has 0 aliphatic heterocycles. The van der Waals surface area contributed by atoms with Crippen LogP contribution in [0.3, 0.4) is 0 Å². The molecular weight excluding hydrogens is 661 g/mol. The van der Waals surface area contributed by atoms with E-state index in [4.69, 9.17) is 20.0 Å². The number of imidazole rings is 1. The Kier molecular flexibility index (Phi) is 9.84. The molecule has 0 radical (unpaired) electrons. The number of ether oxygens (including phenoxy) is 1. The number of rotatable bonds is 12. The first kappa shape index (κ1) is 35.2. The molecule has 0 saturated heterocycles. The Morgan fingerprint density at radius 2 is 1.30 bits per heavy atom. The molecule has 0 amide bonds. The van der Waals surface area contributed by atoms with Crippen LogP contribution in [0.25, 0.3) is 22.5 Å². The van der Waals surface area contributed by atoms with Gasteiger partial charge in [-0.3, -0.25) is 0 Å². The van der Waals surface area contributed by atoms with Gasteiger partial charge < -0.3 is 14.4 Å². The molecule has 0 atom stereocenters. The van der Waals surface area contributed by atoms with E-state index in [-0.39, 0.29) is 5.69 Å². The van der Waals surface area contributed by atoms with Gasteiger partial charge in [-0.2, -0.15) is 0 Å². The first-order chi connectivity index (χ1) is 25.7. The second-order valence-corrected chi connectivity index (χ2v) is 13.6. The smallest absolute Gasteiger partial charge is 0.356 e. The number of benzene rings is 5. The summed E-state index contributed by atoms with van der Waals surface area (Å²) in [5, 5.41) is 25.3. The number of hydrogen-bond donors (Lipinski definition) is 1. The standard InChI is InChI=1S/C44H42N6O3/c1-5-16-38-45-40(43(2,3)52)39(42(51)53-4)49(38)30-31-25-27-32(28-26-31)33-17-15-18-34(29-33)41-46-48-50(47-41)44(35-19-9-6-10-20-35,36-21-11-7-12-22-36)37-23-13-8-14-24-37/h6-15,17-29,52H,5,16,30H2,1-4H3. The Bertz CT molecular complexity index is 2210. The lowest BCUT2D eigenvalue weighted by Crippen LogP contribution is -2.39. The van der Waals surface area contributed by atoms with Crippen molar-refractivity contribution in [2.45, 2.75) is 51.3 Å². The summed E-state index contributed by atoms with van der Waals surface area (Å²) in [6.07, 6.45) is 1.50. The highest BCUT2D eigenvalue weighted by molar-refractivity contribution is 5.89. The summed E-state index contributed by atoms with van der Waals surface area (Å²) < 4.78 is 7.00. The lowest BCUT2D eigenvalue weighted by Gasteiger charge is -2.34. The maximum Gasteiger partial charge on any atom is 0.356 e. The second kappa shape index (κ2) is 14.8. The van der Waals surface area contributed by atoms with Gasteiger partial charge in [0.05, 0.1) is 7.11 Å². The molecule has 0 unspecified atom stereocenters. The number of aryl methyl sites for hydroxylation is 1. The van der Waals surface area contributed by atoms with Gasteiger partial charge in [0.25, 0.3) is 0 Å². The fraction of sp³-hybridized carbons (Fsp3) is 0.205. The normalized spacial score (nSPS) is 11.8. The Hall–Kier alpha value is -6.19. The van der Waals surface area contributed by atoms with Crippen molar-refractivity contribution in [3.05, 3.63) is 179 Å². The van der Waals surface area contributed by atoms with E-state index in [1.807, 2.05) is 83.4 Å². The van der Waals surface area contributed by atoms with E-state index in [1.165, 1.54) is 7.11 Å². The third-order valence-corrected chi connectivity index (χ3v) is 9.52. The molecule has 5 aromatic carbocycles. The predicted molar refractivity (Wildman–Crippen MR) is 205 cm³/mol. The summed E-state index contributed by atoms with van der Waals surface area (Å²) >= 11 is 0. The molecule has 53 heavy (non-hydrogen) atoms. The van der Waals surface area contributed by atoms with Gasteiger partial charge in [-0.1, -0.05) is 140 Å². The van der Waals surface area contributed by atoms with Crippen LogP contribution in [-0.4, -0.2) is 47.9 Å². The minimum absolute atomic E-state index is 0.275. The summed E-state index contributed by atoms with van der Waals surface area (Å²) in [5.41, 5.74) is 5.31. The van der Waals surface area contributed by atoms with Gasteiger partial charge in [0.15, 0.2) is 11.2 Å². The van der Waals surface area contributed by atoms with Crippen molar-refractivity contribution in [3.8, 4) is 22.5 Å². The molecule has 0 spiro atoms. The average molecular weight is 703 g/mol. The lowest BCUT2D eigenvalue weighted by atomic mass is 9.77. The minimum Gasteiger partial charge on any atom is -0.464 e. The van der Waals surface area contributed by atoms with Crippen LogP contribution in [0.2, 0.25) is 0 Å². The molecular formula is C44H42N6O3. The molecule has 266 valence electrons. The third-order valence-electron chi connectivity index (χ3n) is 9.52. The number of carbonyl (C=O) groups excluding carboxylic acids is 1. The largest absolute Gasteiger partial charge is 0.464 e. The monoisotopic (exact) mass is 702 g/mol. The average Bonchev–Trinajstić information content (AvgIpc) is 3.83. The summed E-state index contributed by atoms with van der Waals surface area (Å²) in [7, 11) is 1.35. The van der Waals surface area contributed by atoms with Crippen molar-refractivity contribution in [3.63, 3.8) is 0 Å². The molecule has 0 aliphatic carbocycles. The molecule has 0 saturated carbocycles. The number of esters is 1. The predicted octanol–water partition coefficient (Wildman–Crippen LogP) is 8.06. The van der Waals surface area contributed by atoms with Crippen LogP contribution in [-0.2, 0) is 28.8 Å². The molecule has 0 bridgehead atoms. The number of aliphatic hydroxyl groups is 1. The van der Waals surface area contributed by atoms with E-state index in [1.54, 1.807) is 18.6 Å². The fourth-order valence-corrected chi connectivity index (χ4v) is 6.99. The van der Waals surface area contributed by atoms with Gasteiger partial charge in [0, 0.05) is 18.5 Å². The number of tetrazole rings is 1. The van der Waals surface area contributed by atoms with Gasteiger partial charge in [-0.05, 0) is 64.9 Å². The van der Waals surface area contributed by atoms with E-state index in [9.17, 15) is 9.90 Å². The Labute approximate surface area is 309 Å². The van der Waals surface area contributed by atoms with Gasteiger partial charge in [-0.15, -0.1) is 15.0 Å². The van der Waals surface area contributed by atoms with Crippen molar-refractivity contribution in [1.29, 1.82) is 0 Å². The summed E-state index contributed by atoms with van der Waals surface area (Å²) in [5.74, 6) is 0.722. The number of carbonyl (C=O) groups is 1. The molecule has 9 heteroatoms. The topological polar surface area (TPSA) is 108 Å². The molecule has 7 rings (SSSR count). The van der Waals surface area contributed by atoms with Crippen molar-refractivity contribution in [2.24, 2.45) is 0 Å². The van der Waals surface area contributed by atoms with Crippen LogP contribution in [0.4, 0.5) is 0 Å². The minimum atomic E-state index is -1.31. The van der Waals surface area contributed by atoms with Crippen LogP contribution in [0, 0.1) is 0 Å². The molecule has 7 aromatic rings. The van der Waals surface area contributed by atoms with E-state index < -0.39 is 17.1 Å². The maximum absolute atomic E-state index is 13.0. The summed E-state index contributed by atoms with van der Waals surface area (Å²) in [6.45, 7) is 5.73. The molecule has 2 heterocycles. The van der Waals surface area contributed by atoms with E-state index in [2.05, 4.69) is 72.7 Å². The number of nitrogens with zero attached hydrogens (tertiary/aromatic N) is 6. The number of methoxy groups -OCH3 is 1. The van der Waals surface area contributed by atoms with E-state index in [0.717, 1.165) is 51.2 Å². The maximum atomic E-state index is 13.0. The molecule has 9 nitrogen and oxygen atoms in total. The van der Waals surface area contributed by atoms with Crippen molar-refractivity contribution in [2.75, 3.05) is 7.11 Å². The van der Waals surface area contributed by atoms with Crippen LogP contribution in [0.15, 0.2) is 140 Å². The van der Waals surface area contributed by atoms with Gasteiger partial charge >= 0.3 is 5.97 Å². The first-order valence-corrected chi connectivity index (χ1v) is 17.8. The fourth-order valence-electron chi connectivity index (χ4n) is 6.99. The van der Waals surface area contributed by atoms with Crippen LogP contribution in [0.1, 0.15) is 71.5 Å². The zero-order valence-corrected chi connectivity index (χ0v) is 30.3. The zero-order valence-electron chi connectivity index (χ0n) is 30.3. The summed E-state index contributed by atoms with van der Waals surface area (Å²) in [6, 6.07) is 47.2. The van der Waals surface area contributed by atoms with Crippen LogP contribution >= 0.6 is 0 Å². The second-order valence-electron chi connectivity index (χ2n) is 13.6. The van der Waals surface area contributed by atoms with Crippen molar-refractivity contribution in [1.82, 2.24) is 29.8 Å². The Balaban J connectivity index is 1.23. The summed E-state index contributed by atoms with van der Waals surface area (Å²) in [4.78, 5) is 19.4. The van der Waals surface area contributed by atoms with E-state index >= 15 is 0 Å². The molecule has 0 fully saturated rings. The van der Waals surface area contributed by atoms with Gasteiger partial charge in [0.2, 0.25) is 5.82 Å². The highest BCUT2D eigenvalue weighted by Crippen LogP contribution is 2.40. The van der Waals surface area contributed by atoms with Crippen molar-refractivity contribution < 1.29 is 14.6 Å². The number of aromatic nitrogens is 6. The lowest BCUT2D eigenvalue weighted by molar-refractivity contribution is 0.0532. The van der Waals surface area contributed by atoms with Crippen molar-refractivity contribution >= 4 is 5.97 Å². The van der Waals surface area contributed by atoms with Gasteiger partial charge in [-0.25, -0.2) is 9.78 Å². The first-order valence-electron chi connectivity index (χ1n) is 17.8. The van der Waals surface area contributed by atoms with E-state index in [0.29, 0.717) is 24.5 Å². The Morgan fingerprint density at radius 1 is 0.736 bits per heavy atom. The molecule has 0 aliphatic rings. The number of hydrogen-bond acceptors (Lipinski definition) is 7. The Morgan fingerprint density at radius 3 is 1.83 bits per heavy atom. The quantitative estimate of drug-likeness (QED) is 0.101.